The number of aliphatic hydroxyl groups is 1. The number of rotatable bonds is 16. The Morgan fingerprint density at radius 1 is 0.589 bits per heavy atom. The molecule has 0 spiro atoms. The van der Waals surface area contributed by atoms with Crippen LogP contribution in [0.2, 0.25) is 0 Å². The molecule has 1 N–H and O–H groups in total. The predicted octanol–water partition coefficient (Wildman–Crippen LogP) is 11.3. The molecule has 1 aliphatic rings. The molecule has 0 radical (unpaired) electrons. The van der Waals surface area contributed by atoms with Crippen molar-refractivity contribution in [2.45, 2.75) is 38.6 Å². The van der Waals surface area contributed by atoms with E-state index < -0.39 is 32.6 Å². The Morgan fingerprint density at radius 2 is 1.00 bits per heavy atom. The number of carbonyl (C=O) groups excluding carboxylic acids is 1. The Bertz CT molecular complexity index is 2680. The third-order valence-corrected chi connectivity index (χ3v) is 14.9. The van der Waals surface area contributed by atoms with Gasteiger partial charge in [-0.2, -0.15) is 0 Å². The van der Waals surface area contributed by atoms with Gasteiger partial charge in [0.1, 0.15) is 19.3 Å². The topological polar surface area (TPSA) is 110 Å². The van der Waals surface area contributed by atoms with Crippen LogP contribution in [-0.4, -0.2) is 29.9 Å². The SMILES string of the molecule is O=C1O[C@H]([C@H](CO)OP(=O)(OCc2cccc3ccsc23)OCc2cccc3ccsc23)C(OCc2cccc3ccsc23)=C1OCc1cccc2ccsc12. The molecule has 1 aliphatic heterocycles. The van der Waals surface area contributed by atoms with E-state index in [0.717, 1.165) is 62.6 Å². The van der Waals surface area contributed by atoms with E-state index in [0.29, 0.717) is 0 Å². The van der Waals surface area contributed by atoms with E-state index in [1.165, 1.54) is 0 Å². The molecular formula is C42H33O9PS4. The molecule has 0 bridgehead atoms. The van der Waals surface area contributed by atoms with Gasteiger partial charge >= 0.3 is 13.8 Å². The van der Waals surface area contributed by atoms with E-state index in [2.05, 4.69) is 0 Å². The Labute approximate surface area is 337 Å². The minimum Gasteiger partial charge on any atom is -0.485 e. The van der Waals surface area contributed by atoms with Gasteiger partial charge in [0.25, 0.3) is 0 Å². The zero-order chi connectivity index (χ0) is 38.1. The lowest BCUT2D eigenvalue weighted by atomic mass is 10.1. The van der Waals surface area contributed by atoms with E-state index in [9.17, 15) is 14.5 Å². The summed E-state index contributed by atoms with van der Waals surface area (Å²) in [5, 5.41) is 23.0. The van der Waals surface area contributed by atoms with Gasteiger partial charge in [-0.25, -0.2) is 9.36 Å². The molecule has 284 valence electrons. The van der Waals surface area contributed by atoms with Crippen LogP contribution in [0.5, 0.6) is 0 Å². The second-order valence-corrected chi connectivity index (χ2v) is 18.2. The van der Waals surface area contributed by atoms with Gasteiger partial charge in [-0.15, -0.1) is 45.3 Å². The Balaban J connectivity index is 1.03. The molecule has 0 amide bonds. The van der Waals surface area contributed by atoms with Crippen LogP contribution < -0.4 is 0 Å². The lowest BCUT2D eigenvalue weighted by molar-refractivity contribution is -0.148. The first-order valence-electron chi connectivity index (χ1n) is 17.7. The summed E-state index contributed by atoms with van der Waals surface area (Å²) in [7, 11) is -4.50. The van der Waals surface area contributed by atoms with E-state index in [4.69, 9.17) is 27.8 Å². The maximum atomic E-state index is 14.8. The number of phosphoric ester groups is 1. The van der Waals surface area contributed by atoms with Crippen molar-refractivity contribution >= 4 is 99.5 Å². The lowest BCUT2D eigenvalue weighted by Crippen LogP contribution is -2.35. The Hall–Kier alpha value is -4.40. The number of hydrogen-bond acceptors (Lipinski definition) is 13. The second kappa shape index (κ2) is 16.2. The van der Waals surface area contributed by atoms with Gasteiger partial charge in [-0.1, -0.05) is 72.8 Å². The van der Waals surface area contributed by atoms with Crippen molar-refractivity contribution in [2.24, 2.45) is 0 Å². The molecule has 9 rings (SSSR count). The molecule has 0 aliphatic carbocycles. The number of cyclic esters (lactones) is 1. The highest BCUT2D eigenvalue weighted by atomic mass is 32.1. The van der Waals surface area contributed by atoms with Crippen molar-refractivity contribution < 1.29 is 42.2 Å². The minimum absolute atomic E-state index is 0.0132. The molecule has 5 heterocycles. The van der Waals surface area contributed by atoms with Crippen LogP contribution in [0.15, 0.2) is 130 Å². The van der Waals surface area contributed by atoms with Crippen LogP contribution in [0, 0.1) is 0 Å². The molecule has 0 fully saturated rings. The average Bonchev–Trinajstić information content (AvgIpc) is 4.07. The van der Waals surface area contributed by atoms with Crippen molar-refractivity contribution in [3.63, 3.8) is 0 Å². The normalized spacial score (nSPS) is 15.4. The number of esters is 1. The van der Waals surface area contributed by atoms with Gasteiger partial charge < -0.3 is 19.3 Å². The predicted molar refractivity (Wildman–Crippen MR) is 223 cm³/mol. The van der Waals surface area contributed by atoms with Crippen LogP contribution >= 0.6 is 53.2 Å². The fourth-order valence-electron chi connectivity index (χ4n) is 6.70. The molecule has 0 saturated heterocycles. The minimum atomic E-state index is -4.50. The van der Waals surface area contributed by atoms with Gasteiger partial charge in [0, 0.05) is 29.9 Å². The zero-order valence-electron chi connectivity index (χ0n) is 29.5. The number of ether oxygens (including phenoxy) is 3. The number of aliphatic hydroxyl groups excluding tert-OH is 1. The van der Waals surface area contributed by atoms with Crippen LogP contribution in [0.1, 0.15) is 22.3 Å². The van der Waals surface area contributed by atoms with E-state index >= 15 is 0 Å². The summed E-state index contributed by atoms with van der Waals surface area (Å²) in [5.74, 6) is -0.946. The smallest absolute Gasteiger partial charge is 0.475 e. The number of carbonyl (C=O) groups is 1. The van der Waals surface area contributed by atoms with E-state index in [-0.39, 0.29) is 37.9 Å². The number of fused-ring (bicyclic) bond motifs is 4. The van der Waals surface area contributed by atoms with Crippen molar-refractivity contribution in [1.29, 1.82) is 0 Å². The quantitative estimate of drug-likeness (QED) is 0.0751. The number of benzene rings is 4. The van der Waals surface area contributed by atoms with Gasteiger partial charge in [-0.05, 0) is 78.5 Å². The van der Waals surface area contributed by atoms with Gasteiger partial charge in [0.05, 0.1) is 19.8 Å². The summed E-state index contributed by atoms with van der Waals surface area (Å²) < 4.78 is 55.6. The third-order valence-electron chi connectivity index (χ3n) is 9.44. The first-order valence-corrected chi connectivity index (χ1v) is 22.6. The number of hydrogen-bond donors (Lipinski definition) is 1. The highest BCUT2D eigenvalue weighted by molar-refractivity contribution is 7.48. The highest BCUT2D eigenvalue weighted by Crippen LogP contribution is 2.54. The average molecular weight is 841 g/mol. The number of thiophene rings is 4. The maximum Gasteiger partial charge on any atom is 0.475 e. The number of phosphoric acid groups is 1. The molecule has 9 nitrogen and oxygen atoms in total. The van der Waals surface area contributed by atoms with Gasteiger partial charge in [0.2, 0.25) is 5.76 Å². The van der Waals surface area contributed by atoms with Crippen molar-refractivity contribution in [3.05, 3.63) is 152 Å². The van der Waals surface area contributed by atoms with E-state index in [1.807, 2.05) is 119 Å². The Morgan fingerprint density at radius 3 is 1.43 bits per heavy atom. The molecule has 4 aromatic heterocycles. The molecule has 14 heteroatoms. The molecule has 0 unspecified atom stereocenters. The summed E-state index contributed by atoms with van der Waals surface area (Å²) in [6.07, 6.45) is -2.77. The molecular weight excluding hydrogens is 808 g/mol. The first-order chi connectivity index (χ1) is 27.5. The molecule has 8 aromatic rings. The first kappa shape index (κ1) is 37.2. The summed E-state index contributed by atoms with van der Waals surface area (Å²) in [4.78, 5) is 13.7. The fourth-order valence-corrected chi connectivity index (χ4v) is 11.6. The second-order valence-electron chi connectivity index (χ2n) is 12.9. The summed E-state index contributed by atoms with van der Waals surface area (Å²) in [6, 6.07) is 31.4. The highest BCUT2D eigenvalue weighted by Gasteiger charge is 2.46. The molecule has 4 aromatic carbocycles. The summed E-state index contributed by atoms with van der Waals surface area (Å²) in [6.45, 7) is -0.807. The van der Waals surface area contributed by atoms with Crippen LogP contribution in [0.4, 0.5) is 0 Å². The van der Waals surface area contributed by atoms with E-state index in [1.54, 1.807) is 45.3 Å². The van der Waals surface area contributed by atoms with Gasteiger partial charge in [-0.3, -0.25) is 13.6 Å². The van der Waals surface area contributed by atoms with Crippen LogP contribution in [0.25, 0.3) is 40.3 Å². The summed E-state index contributed by atoms with van der Waals surface area (Å²) >= 11 is 6.24. The zero-order valence-corrected chi connectivity index (χ0v) is 33.7. The van der Waals surface area contributed by atoms with Gasteiger partial charge in [0.15, 0.2) is 11.9 Å². The summed E-state index contributed by atoms with van der Waals surface area (Å²) in [5.41, 5.74) is 3.35. The van der Waals surface area contributed by atoms with Crippen LogP contribution in [0.3, 0.4) is 0 Å². The lowest BCUT2D eigenvalue weighted by Gasteiger charge is -2.27. The fraction of sp³-hybridized carbons (Fsp3) is 0.167. The van der Waals surface area contributed by atoms with Crippen molar-refractivity contribution in [3.8, 4) is 0 Å². The molecule has 0 saturated carbocycles. The monoisotopic (exact) mass is 840 g/mol. The van der Waals surface area contributed by atoms with Crippen molar-refractivity contribution in [2.75, 3.05) is 6.61 Å². The van der Waals surface area contributed by atoms with Crippen LogP contribution in [-0.2, 0) is 63.6 Å². The molecule has 56 heavy (non-hydrogen) atoms. The Kier molecular flexibility index (Phi) is 10.8. The molecule has 2 atom stereocenters. The third kappa shape index (κ3) is 7.55. The standard InChI is InChI=1S/C42H33O9PS4/c43-21-34(51-52(45,48-24-32-11-3-7-28-15-19-55-40(28)32)49-25-33-12-4-8-29-16-20-56-41(29)33)35-36(46-22-30-9-1-5-26-13-17-53-38(26)30)37(42(44)50-35)47-23-31-10-2-6-27-14-18-54-39(27)31/h1-20,34-35,43H,21-25H2/t34-,35+/m0/s1. The maximum absolute atomic E-state index is 14.8. The van der Waals surface area contributed by atoms with Crippen molar-refractivity contribution in [1.82, 2.24) is 0 Å². The largest absolute Gasteiger partial charge is 0.485 e.